The highest BCUT2D eigenvalue weighted by atomic mass is 19.1. The Bertz CT molecular complexity index is 487. The normalized spacial score (nSPS) is 21.9. The summed E-state index contributed by atoms with van der Waals surface area (Å²) < 4.78 is 18.5. The predicted octanol–water partition coefficient (Wildman–Crippen LogP) is 2.20. The zero-order valence-corrected chi connectivity index (χ0v) is 12.7. The SMILES string of the molecule is CN(CCOc1cccc(F)c1)C(=O)C1(C)CCCCN1. The maximum absolute atomic E-state index is 13.0. The third-order valence-corrected chi connectivity index (χ3v) is 3.93. The van der Waals surface area contributed by atoms with Crippen molar-refractivity contribution >= 4 is 5.91 Å². The summed E-state index contributed by atoms with van der Waals surface area (Å²) in [6, 6.07) is 6.02. The Morgan fingerprint density at radius 3 is 2.95 bits per heavy atom. The Kier molecular flexibility index (Phi) is 5.17. The Balaban J connectivity index is 1.81. The fourth-order valence-corrected chi connectivity index (χ4v) is 2.62. The van der Waals surface area contributed by atoms with E-state index in [0.717, 1.165) is 25.8 Å². The van der Waals surface area contributed by atoms with Crippen LogP contribution < -0.4 is 10.1 Å². The van der Waals surface area contributed by atoms with Crippen molar-refractivity contribution in [1.29, 1.82) is 0 Å². The van der Waals surface area contributed by atoms with Crippen LogP contribution in [0.1, 0.15) is 26.2 Å². The Hall–Kier alpha value is -1.62. The van der Waals surface area contributed by atoms with Crippen molar-refractivity contribution in [2.45, 2.75) is 31.7 Å². The van der Waals surface area contributed by atoms with Gasteiger partial charge in [0.15, 0.2) is 0 Å². The molecule has 21 heavy (non-hydrogen) atoms. The van der Waals surface area contributed by atoms with Crippen LogP contribution in [0.25, 0.3) is 0 Å². The van der Waals surface area contributed by atoms with Gasteiger partial charge in [-0.25, -0.2) is 4.39 Å². The van der Waals surface area contributed by atoms with E-state index in [1.54, 1.807) is 24.1 Å². The lowest BCUT2D eigenvalue weighted by Gasteiger charge is -2.36. The van der Waals surface area contributed by atoms with Gasteiger partial charge in [0, 0.05) is 13.1 Å². The lowest BCUT2D eigenvalue weighted by atomic mass is 9.89. The van der Waals surface area contributed by atoms with Gasteiger partial charge >= 0.3 is 0 Å². The average Bonchev–Trinajstić information content (AvgIpc) is 2.47. The number of carbonyl (C=O) groups is 1. The third-order valence-electron chi connectivity index (χ3n) is 3.93. The number of hydrogen-bond acceptors (Lipinski definition) is 3. The van der Waals surface area contributed by atoms with Gasteiger partial charge in [0.05, 0.1) is 12.1 Å². The first-order valence-electron chi connectivity index (χ1n) is 7.40. The van der Waals surface area contributed by atoms with Gasteiger partial charge in [0.2, 0.25) is 5.91 Å². The summed E-state index contributed by atoms with van der Waals surface area (Å²) in [7, 11) is 1.78. The third kappa shape index (κ3) is 4.17. The fraction of sp³-hybridized carbons (Fsp3) is 0.562. The van der Waals surface area contributed by atoms with Crippen LogP contribution in [0.2, 0.25) is 0 Å². The van der Waals surface area contributed by atoms with E-state index in [4.69, 9.17) is 4.74 Å². The van der Waals surface area contributed by atoms with E-state index < -0.39 is 5.54 Å². The second-order valence-electron chi connectivity index (χ2n) is 5.75. The summed E-state index contributed by atoms with van der Waals surface area (Å²) in [5.41, 5.74) is -0.466. The number of halogens is 1. The molecule has 116 valence electrons. The van der Waals surface area contributed by atoms with Crippen molar-refractivity contribution < 1.29 is 13.9 Å². The molecule has 0 aromatic heterocycles. The Labute approximate surface area is 125 Å². The molecule has 1 aliphatic heterocycles. The number of carbonyl (C=O) groups excluding carboxylic acids is 1. The smallest absolute Gasteiger partial charge is 0.242 e. The summed E-state index contributed by atoms with van der Waals surface area (Å²) >= 11 is 0. The minimum absolute atomic E-state index is 0.0880. The zero-order valence-electron chi connectivity index (χ0n) is 12.7. The van der Waals surface area contributed by atoms with E-state index in [1.165, 1.54) is 12.1 Å². The summed E-state index contributed by atoms with van der Waals surface area (Å²) in [6.45, 7) is 3.67. The molecule has 2 rings (SSSR count). The van der Waals surface area contributed by atoms with E-state index in [2.05, 4.69) is 5.32 Å². The maximum atomic E-state index is 13.0. The van der Waals surface area contributed by atoms with Crippen molar-refractivity contribution in [3.05, 3.63) is 30.1 Å². The Morgan fingerprint density at radius 2 is 2.29 bits per heavy atom. The van der Waals surface area contributed by atoms with Crippen LogP contribution in [-0.4, -0.2) is 43.1 Å². The van der Waals surface area contributed by atoms with Crippen LogP contribution in [0.3, 0.4) is 0 Å². The van der Waals surface area contributed by atoms with Crippen LogP contribution in [0.15, 0.2) is 24.3 Å². The van der Waals surface area contributed by atoms with Crippen molar-refractivity contribution in [3.8, 4) is 5.75 Å². The van der Waals surface area contributed by atoms with Gasteiger partial charge in [-0.05, 0) is 44.9 Å². The quantitative estimate of drug-likeness (QED) is 0.905. The molecule has 1 N–H and O–H groups in total. The molecule has 1 atom stereocenters. The first-order chi connectivity index (χ1) is 10.0. The van der Waals surface area contributed by atoms with Gasteiger partial charge in [-0.2, -0.15) is 0 Å². The second kappa shape index (κ2) is 6.89. The lowest BCUT2D eigenvalue weighted by molar-refractivity contribution is -0.137. The summed E-state index contributed by atoms with van der Waals surface area (Å²) in [6.07, 6.45) is 3.05. The van der Waals surface area contributed by atoms with Crippen molar-refractivity contribution in [2.75, 3.05) is 26.7 Å². The monoisotopic (exact) mass is 294 g/mol. The molecule has 1 aromatic carbocycles. The zero-order chi connectivity index (χ0) is 15.3. The molecular weight excluding hydrogens is 271 g/mol. The summed E-state index contributed by atoms with van der Waals surface area (Å²) in [5, 5.41) is 3.31. The van der Waals surface area contributed by atoms with Crippen LogP contribution in [0.4, 0.5) is 4.39 Å². The lowest BCUT2D eigenvalue weighted by Crippen LogP contribution is -2.57. The van der Waals surface area contributed by atoms with Crippen LogP contribution in [0, 0.1) is 5.82 Å². The molecule has 1 amide bonds. The topological polar surface area (TPSA) is 41.6 Å². The number of ether oxygens (including phenoxy) is 1. The van der Waals surface area contributed by atoms with Gasteiger partial charge < -0.3 is 15.0 Å². The van der Waals surface area contributed by atoms with Gasteiger partial charge in [-0.1, -0.05) is 6.07 Å². The number of piperidine rings is 1. The van der Waals surface area contributed by atoms with E-state index in [1.807, 2.05) is 6.92 Å². The van der Waals surface area contributed by atoms with Gasteiger partial charge in [-0.3, -0.25) is 4.79 Å². The first-order valence-corrected chi connectivity index (χ1v) is 7.40. The number of nitrogens with one attached hydrogen (secondary N) is 1. The molecule has 1 aliphatic rings. The number of nitrogens with zero attached hydrogens (tertiary/aromatic N) is 1. The highest BCUT2D eigenvalue weighted by Crippen LogP contribution is 2.20. The van der Waals surface area contributed by atoms with E-state index in [-0.39, 0.29) is 11.7 Å². The van der Waals surface area contributed by atoms with Crippen molar-refractivity contribution in [3.63, 3.8) is 0 Å². The Morgan fingerprint density at radius 1 is 1.48 bits per heavy atom. The van der Waals surface area contributed by atoms with Gasteiger partial charge in [-0.15, -0.1) is 0 Å². The summed E-state index contributed by atoms with van der Waals surface area (Å²) in [4.78, 5) is 14.1. The van der Waals surface area contributed by atoms with E-state index >= 15 is 0 Å². The van der Waals surface area contributed by atoms with E-state index in [9.17, 15) is 9.18 Å². The van der Waals surface area contributed by atoms with E-state index in [0.29, 0.717) is 18.9 Å². The number of amides is 1. The van der Waals surface area contributed by atoms with Gasteiger partial charge in [0.1, 0.15) is 18.2 Å². The molecule has 0 radical (unpaired) electrons. The number of benzene rings is 1. The molecule has 1 aromatic rings. The number of likely N-dealkylation sites (N-methyl/N-ethyl adjacent to an activating group) is 1. The fourth-order valence-electron chi connectivity index (χ4n) is 2.62. The van der Waals surface area contributed by atoms with Gasteiger partial charge in [0.25, 0.3) is 0 Å². The molecule has 5 heteroatoms. The first kappa shape index (κ1) is 15.8. The van der Waals surface area contributed by atoms with Crippen LogP contribution in [0.5, 0.6) is 5.75 Å². The molecule has 1 heterocycles. The molecule has 0 spiro atoms. The largest absolute Gasteiger partial charge is 0.492 e. The molecule has 1 unspecified atom stereocenters. The van der Waals surface area contributed by atoms with Crippen LogP contribution >= 0.6 is 0 Å². The number of hydrogen-bond donors (Lipinski definition) is 1. The van der Waals surface area contributed by atoms with Crippen molar-refractivity contribution in [2.24, 2.45) is 0 Å². The van der Waals surface area contributed by atoms with Crippen molar-refractivity contribution in [1.82, 2.24) is 10.2 Å². The predicted molar refractivity (Wildman–Crippen MR) is 79.8 cm³/mol. The highest BCUT2D eigenvalue weighted by Gasteiger charge is 2.36. The second-order valence-corrected chi connectivity index (χ2v) is 5.75. The maximum Gasteiger partial charge on any atom is 0.242 e. The van der Waals surface area contributed by atoms with Crippen LogP contribution in [-0.2, 0) is 4.79 Å². The minimum Gasteiger partial charge on any atom is -0.492 e. The summed E-state index contributed by atoms with van der Waals surface area (Å²) in [5.74, 6) is 0.249. The molecule has 0 saturated carbocycles. The molecule has 0 bridgehead atoms. The molecular formula is C16H23FN2O2. The number of rotatable bonds is 5. The molecule has 0 aliphatic carbocycles. The molecule has 4 nitrogen and oxygen atoms in total. The average molecular weight is 294 g/mol. The standard InChI is InChI=1S/C16H23FN2O2/c1-16(8-3-4-9-18-16)15(20)19(2)10-11-21-14-7-5-6-13(17)12-14/h5-7,12,18H,3-4,8-11H2,1-2H3. The molecule has 1 saturated heterocycles. The highest BCUT2D eigenvalue weighted by molar-refractivity contribution is 5.85. The minimum atomic E-state index is -0.466. The molecule has 1 fully saturated rings.